The van der Waals surface area contributed by atoms with Crippen LogP contribution in [0.25, 0.3) is 0 Å². The Balaban J connectivity index is 1.88. The lowest BCUT2D eigenvalue weighted by Crippen LogP contribution is -2.70. The Labute approximate surface area is 121 Å². The predicted molar refractivity (Wildman–Crippen MR) is 77.1 cm³/mol. The molecule has 1 N–H and O–H groups in total. The first-order valence-electron chi connectivity index (χ1n) is 8.15. The number of nitrogens with one attached hydrogen (secondary N) is 1. The molecule has 1 unspecified atom stereocenters. The normalized spacial score (nSPS) is 31.9. The molecule has 3 rings (SSSR count). The van der Waals surface area contributed by atoms with E-state index in [-0.39, 0.29) is 23.9 Å². The van der Waals surface area contributed by atoms with E-state index in [2.05, 4.69) is 5.32 Å². The Morgan fingerprint density at radius 2 is 1.60 bits per heavy atom. The van der Waals surface area contributed by atoms with Gasteiger partial charge in [-0.2, -0.15) is 0 Å². The van der Waals surface area contributed by atoms with E-state index >= 15 is 0 Å². The van der Waals surface area contributed by atoms with Gasteiger partial charge in [-0.05, 0) is 45.4 Å². The zero-order valence-corrected chi connectivity index (χ0v) is 12.7. The first-order valence-corrected chi connectivity index (χ1v) is 8.15. The van der Waals surface area contributed by atoms with Gasteiger partial charge < -0.3 is 10.2 Å². The molecule has 0 radical (unpaired) electrons. The van der Waals surface area contributed by atoms with Crippen LogP contribution in [0.5, 0.6) is 0 Å². The molecule has 1 atom stereocenters. The van der Waals surface area contributed by atoms with Crippen LogP contribution >= 0.6 is 0 Å². The van der Waals surface area contributed by atoms with Crippen LogP contribution in [0, 0.1) is 5.92 Å². The Bertz CT molecular complexity index is 407. The van der Waals surface area contributed by atoms with Crippen molar-refractivity contribution in [3.8, 4) is 0 Å². The first-order chi connectivity index (χ1) is 9.50. The number of amides is 2. The Hall–Kier alpha value is -1.06. The maximum atomic E-state index is 12.9. The third kappa shape index (κ3) is 2.45. The number of hydrogen-bond donors (Lipinski definition) is 1. The lowest BCUT2D eigenvalue weighted by atomic mass is 9.91. The van der Waals surface area contributed by atoms with Crippen molar-refractivity contribution in [3.63, 3.8) is 0 Å². The van der Waals surface area contributed by atoms with Gasteiger partial charge in [-0.15, -0.1) is 0 Å². The average molecular weight is 278 g/mol. The van der Waals surface area contributed by atoms with E-state index in [1.165, 1.54) is 25.7 Å². The van der Waals surface area contributed by atoms with Crippen LogP contribution in [0.1, 0.15) is 65.2 Å². The van der Waals surface area contributed by atoms with Crippen molar-refractivity contribution >= 4 is 11.8 Å². The Morgan fingerprint density at radius 3 is 2.15 bits per heavy atom. The fourth-order valence-electron chi connectivity index (χ4n) is 3.79. The van der Waals surface area contributed by atoms with Gasteiger partial charge in [0.1, 0.15) is 11.6 Å². The molecule has 0 aromatic heterocycles. The van der Waals surface area contributed by atoms with Gasteiger partial charge in [-0.3, -0.25) is 9.59 Å². The zero-order chi connectivity index (χ0) is 14.3. The largest absolute Gasteiger partial charge is 0.340 e. The van der Waals surface area contributed by atoms with E-state index in [9.17, 15) is 9.59 Å². The smallest absolute Gasteiger partial charge is 0.248 e. The van der Waals surface area contributed by atoms with Crippen LogP contribution in [0.4, 0.5) is 0 Å². The van der Waals surface area contributed by atoms with Gasteiger partial charge in [0, 0.05) is 6.04 Å². The highest BCUT2D eigenvalue weighted by molar-refractivity contribution is 5.99. The maximum Gasteiger partial charge on any atom is 0.248 e. The molecule has 0 bridgehead atoms. The summed E-state index contributed by atoms with van der Waals surface area (Å²) in [6, 6.07) is 0.0829. The van der Waals surface area contributed by atoms with Gasteiger partial charge in [-0.1, -0.05) is 25.7 Å². The van der Waals surface area contributed by atoms with Crippen LogP contribution in [-0.2, 0) is 9.59 Å². The van der Waals surface area contributed by atoms with E-state index in [0.717, 1.165) is 25.7 Å². The van der Waals surface area contributed by atoms with Crippen LogP contribution in [0.3, 0.4) is 0 Å². The highest BCUT2D eigenvalue weighted by Gasteiger charge is 2.52. The van der Waals surface area contributed by atoms with Crippen LogP contribution < -0.4 is 5.32 Å². The highest BCUT2D eigenvalue weighted by Crippen LogP contribution is 2.40. The molecule has 0 aromatic rings. The molecule has 4 heteroatoms. The second-order valence-electron chi connectivity index (χ2n) is 7.25. The summed E-state index contributed by atoms with van der Waals surface area (Å²) < 4.78 is 0. The third-order valence-electron chi connectivity index (χ3n) is 5.06. The lowest BCUT2D eigenvalue weighted by molar-refractivity contribution is -0.157. The van der Waals surface area contributed by atoms with Crippen molar-refractivity contribution < 1.29 is 9.59 Å². The van der Waals surface area contributed by atoms with Crippen molar-refractivity contribution in [2.24, 2.45) is 5.92 Å². The minimum Gasteiger partial charge on any atom is -0.340 e. The molecule has 1 saturated heterocycles. The Kier molecular flexibility index (Phi) is 3.51. The summed E-state index contributed by atoms with van der Waals surface area (Å²) in [4.78, 5) is 27.3. The molecule has 20 heavy (non-hydrogen) atoms. The molecule has 0 spiro atoms. The van der Waals surface area contributed by atoms with Crippen LogP contribution in [0.2, 0.25) is 0 Å². The molecule has 112 valence electrons. The van der Waals surface area contributed by atoms with E-state index in [1.807, 2.05) is 18.7 Å². The van der Waals surface area contributed by atoms with Crippen molar-refractivity contribution in [2.45, 2.75) is 82.8 Å². The zero-order valence-electron chi connectivity index (χ0n) is 12.7. The summed E-state index contributed by atoms with van der Waals surface area (Å²) >= 11 is 0. The van der Waals surface area contributed by atoms with Gasteiger partial charge in [0.2, 0.25) is 11.8 Å². The summed E-state index contributed by atoms with van der Waals surface area (Å²) in [5.41, 5.74) is -0.741. The SMILES string of the molecule is CC1(C)NC(=O)C(C2CC2)N(C2CCCCCC2)C1=O. The molecule has 1 heterocycles. The van der Waals surface area contributed by atoms with Gasteiger partial charge >= 0.3 is 0 Å². The minimum absolute atomic E-state index is 0.0707. The molecule has 2 aliphatic carbocycles. The summed E-state index contributed by atoms with van der Waals surface area (Å²) in [5.74, 6) is 0.598. The molecule has 1 aliphatic heterocycles. The molecule has 4 nitrogen and oxygen atoms in total. The summed E-state index contributed by atoms with van der Waals surface area (Å²) in [7, 11) is 0. The molecule has 2 amide bonds. The van der Waals surface area contributed by atoms with Crippen molar-refractivity contribution in [1.29, 1.82) is 0 Å². The second-order valence-corrected chi connectivity index (χ2v) is 7.25. The molecular formula is C16H26N2O2. The molecule has 3 fully saturated rings. The van der Waals surface area contributed by atoms with E-state index < -0.39 is 5.54 Å². The number of nitrogens with zero attached hydrogens (tertiary/aromatic N) is 1. The molecule has 2 saturated carbocycles. The predicted octanol–water partition coefficient (Wildman–Crippen LogP) is 2.22. The maximum absolute atomic E-state index is 12.9. The van der Waals surface area contributed by atoms with Crippen LogP contribution in [0.15, 0.2) is 0 Å². The number of carbonyl (C=O) groups excluding carboxylic acids is 2. The van der Waals surface area contributed by atoms with E-state index in [1.54, 1.807) is 0 Å². The van der Waals surface area contributed by atoms with Gasteiger partial charge in [0.05, 0.1) is 0 Å². The van der Waals surface area contributed by atoms with E-state index in [4.69, 9.17) is 0 Å². The summed E-state index contributed by atoms with van der Waals surface area (Å²) in [5, 5.41) is 2.93. The molecule has 3 aliphatic rings. The van der Waals surface area contributed by atoms with Gasteiger partial charge in [0.25, 0.3) is 0 Å². The van der Waals surface area contributed by atoms with Crippen molar-refractivity contribution in [1.82, 2.24) is 10.2 Å². The number of piperazine rings is 1. The molecule has 0 aromatic carbocycles. The van der Waals surface area contributed by atoms with Crippen molar-refractivity contribution in [3.05, 3.63) is 0 Å². The minimum atomic E-state index is -0.741. The second kappa shape index (κ2) is 5.05. The van der Waals surface area contributed by atoms with Gasteiger partial charge in [0.15, 0.2) is 0 Å². The standard InChI is InChI=1S/C16H26N2O2/c1-16(2)15(20)18(12-7-5-3-4-6-8-12)13(11-9-10-11)14(19)17-16/h11-13H,3-10H2,1-2H3,(H,17,19). The first kappa shape index (κ1) is 13.9. The monoisotopic (exact) mass is 278 g/mol. The highest BCUT2D eigenvalue weighted by atomic mass is 16.2. The van der Waals surface area contributed by atoms with E-state index in [0.29, 0.717) is 5.92 Å². The lowest BCUT2D eigenvalue weighted by Gasteiger charge is -2.46. The van der Waals surface area contributed by atoms with Crippen LogP contribution in [-0.4, -0.2) is 34.3 Å². The quantitative estimate of drug-likeness (QED) is 0.787. The topological polar surface area (TPSA) is 49.4 Å². The van der Waals surface area contributed by atoms with Crippen molar-refractivity contribution in [2.75, 3.05) is 0 Å². The fourth-order valence-corrected chi connectivity index (χ4v) is 3.79. The number of carbonyl (C=O) groups is 2. The summed E-state index contributed by atoms with van der Waals surface area (Å²) in [6.07, 6.45) is 9.23. The van der Waals surface area contributed by atoms with Gasteiger partial charge in [-0.25, -0.2) is 0 Å². The number of rotatable bonds is 2. The Morgan fingerprint density at radius 1 is 1.00 bits per heavy atom. The third-order valence-corrected chi connectivity index (χ3v) is 5.06. The number of hydrogen-bond acceptors (Lipinski definition) is 2. The summed E-state index contributed by atoms with van der Waals surface area (Å²) in [6.45, 7) is 3.67. The molecular weight excluding hydrogens is 252 g/mol. The average Bonchev–Trinajstić information content (AvgIpc) is 3.19. The fraction of sp³-hybridized carbons (Fsp3) is 0.875.